The number of rotatable bonds is 5. The Morgan fingerprint density at radius 2 is 1.43 bits per heavy atom. The molecule has 0 saturated carbocycles. The molecule has 0 heterocycles. The SMILES string of the molecule is COC(=O)CN(C)C(=O)c1ccc(-c2ccc(OC)cc2)cc1. The minimum absolute atomic E-state index is 0.0738. The molecule has 0 bridgehead atoms. The summed E-state index contributed by atoms with van der Waals surface area (Å²) in [6, 6.07) is 14.9. The molecule has 0 aliphatic carbocycles. The third-order valence-corrected chi connectivity index (χ3v) is 3.50. The van der Waals surface area contributed by atoms with Crippen molar-refractivity contribution in [2.24, 2.45) is 0 Å². The summed E-state index contributed by atoms with van der Waals surface area (Å²) in [6.07, 6.45) is 0. The molecular formula is C18H19NO4. The van der Waals surface area contributed by atoms with Crippen molar-refractivity contribution in [1.29, 1.82) is 0 Å². The van der Waals surface area contributed by atoms with E-state index < -0.39 is 5.97 Å². The van der Waals surface area contributed by atoms with Crippen LogP contribution in [0.5, 0.6) is 5.75 Å². The first-order chi connectivity index (χ1) is 11.0. The second-order valence-corrected chi connectivity index (χ2v) is 5.04. The lowest BCUT2D eigenvalue weighted by molar-refractivity contribution is -0.141. The van der Waals surface area contributed by atoms with E-state index in [1.165, 1.54) is 12.0 Å². The molecule has 0 atom stereocenters. The predicted molar refractivity (Wildman–Crippen MR) is 87.4 cm³/mol. The number of carbonyl (C=O) groups excluding carboxylic acids is 2. The van der Waals surface area contributed by atoms with E-state index in [-0.39, 0.29) is 12.5 Å². The van der Waals surface area contributed by atoms with Crippen LogP contribution in [0.1, 0.15) is 10.4 Å². The number of likely N-dealkylation sites (N-methyl/N-ethyl adjacent to an activating group) is 1. The average Bonchev–Trinajstić information content (AvgIpc) is 2.61. The molecule has 120 valence electrons. The number of carbonyl (C=O) groups is 2. The maximum Gasteiger partial charge on any atom is 0.325 e. The van der Waals surface area contributed by atoms with Gasteiger partial charge in [-0.2, -0.15) is 0 Å². The van der Waals surface area contributed by atoms with E-state index in [0.717, 1.165) is 16.9 Å². The summed E-state index contributed by atoms with van der Waals surface area (Å²) >= 11 is 0. The minimum Gasteiger partial charge on any atom is -0.497 e. The van der Waals surface area contributed by atoms with Crippen LogP contribution >= 0.6 is 0 Å². The van der Waals surface area contributed by atoms with Gasteiger partial charge in [-0.05, 0) is 35.4 Å². The van der Waals surface area contributed by atoms with Gasteiger partial charge < -0.3 is 14.4 Å². The topological polar surface area (TPSA) is 55.8 Å². The van der Waals surface area contributed by atoms with Gasteiger partial charge in [0.1, 0.15) is 12.3 Å². The van der Waals surface area contributed by atoms with Crippen LogP contribution in [0.2, 0.25) is 0 Å². The molecule has 0 unspecified atom stereocenters. The number of esters is 1. The largest absolute Gasteiger partial charge is 0.497 e. The summed E-state index contributed by atoms with van der Waals surface area (Å²) in [7, 11) is 4.49. The van der Waals surface area contributed by atoms with Crippen molar-refractivity contribution in [2.75, 3.05) is 27.8 Å². The van der Waals surface area contributed by atoms with E-state index in [1.54, 1.807) is 26.3 Å². The van der Waals surface area contributed by atoms with Crippen LogP contribution < -0.4 is 4.74 Å². The first-order valence-electron chi connectivity index (χ1n) is 7.12. The molecule has 5 heteroatoms. The highest BCUT2D eigenvalue weighted by molar-refractivity contribution is 5.96. The number of hydrogen-bond donors (Lipinski definition) is 0. The second-order valence-electron chi connectivity index (χ2n) is 5.04. The van der Waals surface area contributed by atoms with Gasteiger partial charge in [0.25, 0.3) is 5.91 Å². The van der Waals surface area contributed by atoms with Crippen molar-refractivity contribution < 1.29 is 19.1 Å². The second kappa shape index (κ2) is 7.45. The fourth-order valence-electron chi connectivity index (χ4n) is 2.14. The molecule has 23 heavy (non-hydrogen) atoms. The summed E-state index contributed by atoms with van der Waals surface area (Å²) in [5.74, 6) is 0.123. The molecule has 0 N–H and O–H groups in total. The Morgan fingerprint density at radius 1 is 0.913 bits per heavy atom. The van der Waals surface area contributed by atoms with Crippen molar-refractivity contribution in [1.82, 2.24) is 4.90 Å². The predicted octanol–water partition coefficient (Wildman–Crippen LogP) is 2.61. The summed E-state index contributed by atoms with van der Waals surface area (Å²) in [6.45, 7) is -0.0738. The molecule has 0 aliphatic rings. The average molecular weight is 313 g/mol. The van der Waals surface area contributed by atoms with Crippen LogP contribution in [0.3, 0.4) is 0 Å². The van der Waals surface area contributed by atoms with E-state index >= 15 is 0 Å². The van der Waals surface area contributed by atoms with Gasteiger partial charge in [0, 0.05) is 12.6 Å². The van der Waals surface area contributed by atoms with Crippen molar-refractivity contribution in [3.05, 3.63) is 54.1 Å². The quantitative estimate of drug-likeness (QED) is 0.796. The van der Waals surface area contributed by atoms with Crippen molar-refractivity contribution in [3.8, 4) is 16.9 Å². The Balaban J connectivity index is 2.11. The van der Waals surface area contributed by atoms with Gasteiger partial charge in [0.05, 0.1) is 14.2 Å². The van der Waals surface area contributed by atoms with E-state index in [1.807, 2.05) is 36.4 Å². The van der Waals surface area contributed by atoms with Crippen LogP contribution in [0, 0.1) is 0 Å². The lowest BCUT2D eigenvalue weighted by Gasteiger charge is -2.15. The molecule has 2 aromatic carbocycles. The zero-order chi connectivity index (χ0) is 16.8. The monoisotopic (exact) mass is 313 g/mol. The fraction of sp³-hybridized carbons (Fsp3) is 0.222. The van der Waals surface area contributed by atoms with Gasteiger partial charge >= 0.3 is 5.97 Å². The van der Waals surface area contributed by atoms with E-state index in [2.05, 4.69) is 4.74 Å². The number of ether oxygens (including phenoxy) is 2. The molecule has 1 amide bonds. The summed E-state index contributed by atoms with van der Waals surface area (Å²) in [4.78, 5) is 24.8. The zero-order valence-electron chi connectivity index (χ0n) is 13.4. The van der Waals surface area contributed by atoms with Crippen LogP contribution in [0.4, 0.5) is 0 Å². The minimum atomic E-state index is -0.448. The highest BCUT2D eigenvalue weighted by Gasteiger charge is 2.15. The third kappa shape index (κ3) is 4.10. The summed E-state index contributed by atoms with van der Waals surface area (Å²) < 4.78 is 9.69. The first kappa shape index (κ1) is 16.5. The van der Waals surface area contributed by atoms with Crippen molar-refractivity contribution in [2.45, 2.75) is 0 Å². The highest BCUT2D eigenvalue weighted by Crippen LogP contribution is 2.22. The van der Waals surface area contributed by atoms with Gasteiger partial charge in [0.2, 0.25) is 0 Å². The molecule has 2 rings (SSSR count). The van der Waals surface area contributed by atoms with Crippen LogP contribution in [-0.4, -0.2) is 44.6 Å². The van der Waals surface area contributed by atoms with Crippen molar-refractivity contribution in [3.63, 3.8) is 0 Å². The van der Waals surface area contributed by atoms with Gasteiger partial charge in [-0.25, -0.2) is 0 Å². The Labute approximate surface area is 135 Å². The van der Waals surface area contributed by atoms with Crippen LogP contribution in [-0.2, 0) is 9.53 Å². The maximum absolute atomic E-state index is 12.2. The normalized spacial score (nSPS) is 10.0. The molecule has 0 radical (unpaired) electrons. The maximum atomic E-state index is 12.2. The third-order valence-electron chi connectivity index (χ3n) is 3.50. The van der Waals surface area contributed by atoms with Gasteiger partial charge in [-0.1, -0.05) is 24.3 Å². The fourth-order valence-corrected chi connectivity index (χ4v) is 2.14. The van der Waals surface area contributed by atoms with E-state index in [9.17, 15) is 9.59 Å². The highest BCUT2D eigenvalue weighted by atomic mass is 16.5. The standard InChI is InChI=1S/C18H19NO4/c1-19(12-17(20)23-3)18(21)15-6-4-13(5-7-15)14-8-10-16(22-2)11-9-14/h4-11H,12H2,1-3H3. The number of hydrogen-bond acceptors (Lipinski definition) is 4. The molecule has 0 saturated heterocycles. The Kier molecular flexibility index (Phi) is 5.36. The molecule has 0 fully saturated rings. The summed E-state index contributed by atoms with van der Waals surface area (Å²) in [5.41, 5.74) is 2.56. The van der Waals surface area contributed by atoms with Crippen LogP contribution in [0.15, 0.2) is 48.5 Å². The van der Waals surface area contributed by atoms with E-state index in [4.69, 9.17) is 4.74 Å². The molecule has 5 nitrogen and oxygen atoms in total. The lowest BCUT2D eigenvalue weighted by Crippen LogP contribution is -2.32. The van der Waals surface area contributed by atoms with Gasteiger partial charge in [-0.3, -0.25) is 9.59 Å². The van der Waals surface area contributed by atoms with Crippen molar-refractivity contribution >= 4 is 11.9 Å². The Morgan fingerprint density at radius 3 is 1.91 bits per heavy atom. The molecule has 0 aliphatic heterocycles. The first-order valence-corrected chi connectivity index (χ1v) is 7.12. The number of nitrogens with zero attached hydrogens (tertiary/aromatic N) is 1. The number of methoxy groups -OCH3 is 2. The zero-order valence-corrected chi connectivity index (χ0v) is 13.4. The number of amides is 1. The Bertz CT molecular complexity index is 677. The lowest BCUT2D eigenvalue weighted by atomic mass is 10.0. The van der Waals surface area contributed by atoms with Gasteiger partial charge in [-0.15, -0.1) is 0 Å². The van der Waals surface area contributed by atoms with Gasteiger partial charge in [0.15, 0.2) is 0 Å². The number of benzene rings is 2. The molecule has 2 aromatic rings. The summed E-state index contributed by atoms with van der Waals surface area (Å²) in [5, 5.41) is 0. The van der Waals surface area contributed by atoms with Crippen LogP contribution in [0.25, 0.3) is 11.1 Å². The molecule has 0 spiro atoms. The smallest absolute Gasteiger partial charge is 0.325 e. The van der Waals surface area contributed by atoms with E-state index in [0.29, 0.717) is 5.56 Å². The Hall–Kier alpha value is -2.82. The molecule has 0 aromatic heterocycles. The molecular weight excluding hydrogens is 294 g/mol.